The Morgan fingerprint density at radius 1 is 1.00 bits per heavy atom. The minimum Gasteiger partial charge on any atom is -0.508 e. The first-order valence-corrected chi connectivity index (χ1v) is 9.18. The van der Waals surface area contributed by atoms with Gasteiger partial charge in [0.15, 0.2) is 0 Å². The van der Waals surface area contributed by atoms with E-state index in [0.717, 1.165) is 37.6 Å². The maximum absolute atomic E-state index is 12.9. The first kappa shape index (κ1) is 18.3. The summed E-state index contributed by atoms with van der Waals surface area (Å²) in [5.41, 5.74) is 2.07. The van der Waals surface area contributed by atoms with Crippen molar-refractivity contribution < 1.29 is 9.90 Å². The molecular formula is C21H27N3O2. The van der Waals surface area contributed by atoms with Crippen molar-refractivity contribution in [2.75, 3.05) is 42.5 Å². The number of phenols is 1. The molecule has 3 rings (SSSR count). The lowest BCUT2D eigenvalue weighted by Crippen LogP contribution is -2.51. The van der Waals surface area contributed by atoms with Crippen molar-refractivity contribution in [3.8, 4) is 5.75 Å². The molecule has 1 saturated heterocycles. The zero-order valence-electron chi connectivity index (χ0n) is 15.5. The van der Waals surface area contributed by atoms with Crippen molar-refractivity contribution in [1.82, 2.24) is 4.90 Å². The first-order valence-electron chi connectivity index (χ1n) is 9.18. The number of phenolic OH excluding ortho intramolecular Hbond substituents is 1. The monoisotopic (exact) mass is 353 g/mol. The Labute approximate surface area is 155 Å². The molecule has 0 aromatic heterocycles. The molecule has 0 atom stereocenters. The molecule has 0 saturated carbocycles. The summed E-state index contributed by atoms with van der Waals surface area (Å²) in [4.78, 5) is 19.3. The van der Waals surface area contributed by atoms with Gasteiger partial charge in [0.2, 0.25) is 5.91 Å². The highest BCUT2D eigenvalue weighted by Crippen LogP contribution is 2.21. The smallest absolute Gasteiger partial charge is 0.241 e. The molecular weight excluding hydrogens is 326 g/mol. The summed E-state index contributed by atoms with van der Waals surface area (Å²) in [7, 11) is 0. The Morgan fingerprint density at radius 2 is 1.62 bits per heavy atom. The minimum absolute atomic E-state index is 0.128. The van der Waals surface area contributed by atoms with Crippen molar-refractivity contribution in [3.63, 3.8) is 0 Å². The van der Waals surface area contributed by atoms with Gasteiger partial charge in [-0.1, -0.05) is 18.2 Å². The van der Waals surface area contributed by atoms with Crippen LogP contribution in [-0.2, 0) is 4.79 Å². The molecule has 5 heteroatoms. The Morgan fingerprint density at radius 3 is 2.19 bits per heavy atom. The molecule has 1 fully saturated rings. The highest BCUT2D eigenvalue weighted by Gasteiger charge is 2.24. The number of piperazine rings is 1. The van der Waals surface area contributed by atoms with Gasteiger partial charge in [-0.2, -0.15) is 0 Å². The Balaban J connectivity index is 1.58. The van der Waals surface area contributed by atoms with Crippen molar-refractivity contribution in [3.05, 3.63) is 54.6 Å². The third-order valence-corrected chi connectivity index (χ3v) is 4.77. The predicted molar refractivity (Wildman–Crippen MR) is 106 cm³/mol. The molecule has 1 aliphatic rings. The number of aromatic hydroxyl groups is 1. The summed E-state index contributed by atoms with van der Waals surface area (Å²) >= 11 is 0. The van der Waals surface area contributed by atoms with Gasteiger partial charge in [0.1, 0.15) is 5.75 Å². The van der Waals surface area contributed by atoms with Crippen LogP contribution in [0.4, 0.5) is 11.4 Å². The zero-order valence-corrected chi connectivity index (χ0v) is 15.5. The lowest BCUT2D eigenvalue weighted by molar-refractivity contribution is -0.120. The maximum atomic E-state index is 12.9. The van der Waals surface area contributed by atoms with Gasteiger partial charge in [0.05, 0.1) is 6.54 Å². The van der Waals surface area contributed by atoms with Crippen LogP contribution in [0.15, 0.2) is 54.6 Å². The van der Waals surface area contributed by atoms with Gasteiger partial charge in [-0.05, 0) is 50.2 Å². The van der Waals surface area contributed by atoms with E-state index >= 15 is 0 Å². The van der Waals surface area contributed by atoms with Gasteiger partial charge in [-0.25, -0.2) is 0 Å². The van der Waals surface area contributed by atoms with E-state index in [9.17, 15) is 9.90 Å². The lowest BCUT2D eigenvalue weighted by Gasteiger charge is -2.37. The molecule has 0 radical (unpaired) electrons. The fourth-order valence-electron chi connectivity index (χ4n) is 3.41. The van der Waals surface area contributed by atoms with Crippen LogP contribution in [0.25, 0.3) is 0 Å². The van der Waals surface area contributed by atoms with Crippen LogP contribution < -0.4 is 9.80 Å². The summed E-state index contributed by atoms with van der Waals surface area (Å²) in [5, 5.41) is 9.42. The Bertz CT molecular complexity index is 708. The van der Waals surface area contributed by atoms with E-state index in [0.29, 0.717) is 6.54 Å². The van der Waals surface area contributed by atoms with Crippen LogP contribution >= 0.6 is 0 Å². The fourth-order valence-corrected chi connectivity index (χ4v) is 3.41. The molecule has 1 N–H and O–H groups in total. The van der Waals surface area contributed by atoms with E-state index in [1.54, 1.807) is 12.1 Å². The molecule has 1 amide bonds. The molecule has 1 heterocycles. The third kappa shape index (κ3) is 4.35. The molecule has 0 unspecified atom stereocenters. The summed E-state index contributed by atoms with van der Waals surface area (Å²) < 4.78 is 0. The highest BCUT2D eigenvalue weighted by atomic mass is 16.3. The normalized spacial score (nSPS) is 15.3. The number of anilines is 2. The molecule has 1 aliphatic heterocycles. The first-order chi connectivity index (χ1) is 12.5. The number of carbonyl (C=O) groups is 1. The predicted octanol–water partition coefficient (Wildman–Crippen LogP) is 2.96. The van der Waals surface area contributed by atoms with Crippen LogP contribution in [-0.4, -0.2) is 54.7 Å². The number of amides is 1. The average Bonchev–Trinajstić information content (AvgIpc) is 2.64. The third-order valence-electron chi connectivity index (χ3n) is 4.77. The van der Waals surface area contributed by atoms with E-state index < -0.39 is 0 Å². The lowest BCUT2D eigenvalue weighted by atomic mass is 10.2. The average molecular weight is 353 g/mol. The minimum atomic E-state index is 0.128. The SMILES string of the molecule is CC(C)N(C(=O)CN1CCN(c2ccc(O)cc2)CC1)c1ccccc1. The van der Waals surface area contributed by atoms with Gasteiger partial charge in [-0.15, -0.1) is 0 Å². The topological polar surface area (TPSA) is 47.0 Å². The quantitative estimate of drug-likeness (QED) is 0.898. The summed E-state index contributed by atoms with van der Waals surface area (Å²) in [5.74, 6) is 0.428. The number of nitrogens with zero attached hydrogens (tertiary/aromatic N) is 3. The summed E-state index contributed by atoms with van der Waals surface area (Å²) in [6.07, 6.45) is 0. The van der Waals surface area contributed by atoms with Crippen LogP contribution in [0.3, 0.4) is 0 Å². The van der Waals surface area contributed by atoms with Gasteiger partial charge >= 0.3 is 0 Å². The van der Waals surface area contributed by atoms with Crippen LogP contribution in [0.5, 0.6) is 5.75 Å². The van der Waals surface area contributed by atoms with Gasteiger partial charge in [0, 0.05) is 43.6 Å². The number of hydrogen-bond acceptors (Lipinski definition) is 4. The molecule has 0 aliphatic carbocycles. The molecule has 5 nitrogen and oxygen atoms in total. The van der Waals surface area contributed by atoms with Gasteiger partial charge in [-0.3, -0.25) is 9.69 Å². The molecule has 2 aromatic rings. The van der Waals surface area contributed by atoms with Crippen molar-refractivity contribution in [2.24, 2.45) is 0 Å². The van der Waals surface area contributed by atoms with E-state index in [4.69, 9.17) is 0 Å². The van der Waals surface area contributed by atoms with Crippen molar-refractivity contribution >= 4 is 17.3 Å². The van der Waals surface area contributed by atoms with E-state index in [1.165, 1.54) is 0 Å². The van der Waals surface area contributed by atoms with Gasteiger partial charge < -0.3 is 14.9 Å². The number of para-hydroxylation sites is 1. The second-order valence-electron chi connectivity index (χ2n) is 6.97. The molecule has 138 valence electrons. The van der Waals surface area contributed by atoms with Gasteiger partial charge in [0.25, 0.3) is 0 Å². The summed E-state index contributed by atoms with van der Waals surface area (Å²) in [6.45, 7) is 8.01. The number of benzene rings is 2. The number of carbonyl (C=O) groups excluding carboxylic acids is 1. The van der Waals surface area contributed by atoms with Crippen LogP contribution in [0, 0.1) is 0 Å². The van der Waals surface area contributed by atoms with Crippen molar-refractivity contribution in [1.29, 1.82) is 0 Å². The summed E-state index contributed by atoms with van der Waals surface area (Å²) in [6, 6.07) is 17.3. The van der Waals surface area contributed by atoms with E-state index in [2.05, 4.69) is 9.80 Å². The number of rotatable bonds is 5. The second-order valence-corrected chi connectivity index (χ2v) is 6.97. The molecule has 0 spiro atoms. The molecule has 2 aromatic carbocycles. The van der Waals surface area contributed by atoms with Crippen LogP contribution in [0.2, 0.25) is 0 Å². The molecule has 0 bridgehead atoms. The zero-order chi connectivity index (χ0) is 18.5. The Kier molecular flexibility index (Phi) is 5.78. The van der Waals surface area contributed by atoms with E-state index in [1.807, 2.05) is 61.2 Å². The maximum Gasteiger partial charge on any atom is 0.241 e. The Hall–Kier alpha value is -2.53. The fraction of sp³-hybridized carbons (Fsp3) is 0.381. The highest BCUT2D eigenvalue weighted by molar-refractivity contribution is 5.95. The number of hydrogen-bond donors (Lipinski definition) is 1. The van der Waals surface area contributed by atoms with E-state index in [-0.39, 0.29) is 17.7 Å². The standard InChI is InChI=1S/C21H27N3O2/c1-17(2)24(19-6-4-3-5-7-19)21(26)16-22-12-14-23(15-13-22)18-8-10-20(25)11-9-18/h3-11,17,25H,12-16H2,1-2H3. The van der Waals surface area contributed by atoms with Crippen LogP contribution in [0.1, 0.15) is 13.8 Å². The second kappa shape index (κ2) is 8.23. The largest absolute Gasteiger partial charge is 0.508 e. The van der Waals surface area contributed by atoms with Crippen molar-refractivity contribution in [2.45, 2.75) is 19.9 Å². The molecule has 26 heavy (non-hydrogen) atoms.